The Morgan fingerprint density at radius 1 is 1.38 bits per heavy atom. The molecule has 16 heavy (non-hydrogen) atoms. The van der Waals surface area contributed by atoms with E-state index in [1.807, 2.05) is 0 Å². The van der Waals surface area contributed by atoms with Gasteiger partial charge in [-0.2, -0.15) is 0 Å². The van der Waals surface area contributed by atoms with E-state index in [2.05, 4.69) is 71.4 Å². The molecule has 3 heteroatoms. The quantitative estimate of drug-likeness (QED) is 0.864. The van der Waals surface area contributed by atoms with Crippen molar-refractivity contribution in [2.75, 3.05) is 27.2 Å². The zero-order valence-corrected chi connectivity index (χ0v) is 11.9. The van der Waals surface area contributed by atoms with Gasteiger partial charge in [-0.15, -0.1) is 0 Å². The van der Waals surface area contributed by atoms with Crippen molar-refractivity contribution in [3.8, 4) is 0 Å². The summed E-state index contributed by atoms with van der Waals surface area (Å²) in [6, 6.07) is 9.00. The van der Waals surface area contributed by atoms with E-state index in [4.69, 9.17) is 0 Å². The maximum atomic E-state index is 3.53. The highest BCUT2D eigenvalue weighted by Crippen LogP contribution is 2.20. The molecule has 2 nitrogen and oxygen atoms in total. The van der Waals surface area contributed by atoms with Gasteiger partial charge in [-0.3, -0.25) is 0 Å². The molecule has 1 aromatic carbocycles. The van der Waals surface area contributed by atoms with Crippen molar-refractivity contribution in [3.05, 3.63) is 34.3 Å². The van der Waals surface area contributed by atoms with Crippen LogP contribution in [0.15, 0.2) is 28.7 Å². The van der Waals surface area contributed by atoms with E-state index in [-0.39, 0.29) is 0 Å². The lowest BCUT2D eigenvalue weighted by Crippen LogP contribution is -2.25. The Kier molecular flexibility index (Phi) is 6.03. The summed E-state index contributed by atoms with van der Waals surface area (Å²) in [4.78, 5) is 2.22. The first-order chi connectivity index (χ1) is 7.63. The Hall–Kier alpha value is -0.380. The van der Waals surface area contributed by atoms with Gasteiger partial charge in [0.15, 0.2) is 0 Å². The Bertz CT molecular complexity index is 313. The van der Waals surface area contributed by atoms with Crippen molar-refractivity contribution < 1.29 is 0 Å². The van der Waals surface area contributed by atoms with E-state index < -0.39 is 0 Å². The summed E-state index contributed by atoms with van der Waals surface area (Å²) in [7, 11) is 4.23. The molecule has 0 bridgehead atoms. The number of hydrogen-bond acceptors (Lipinski definition) is 2. The molecule has 0 spiro atoms. The van der Waals surface area contributed by atoms with Gasteiger partial charge in [-0.05, 0) is 51.3 Å². The molecule has 0 aliphatic heterocycles. The van der Waals surface area contributed by atoms with Gasteiger partial charge in [0.1, 0.15) is 0 Å². The highest BCUT2D eigenvalue weighted by atomic mass is 79.9. The Morgan fingerprint density at radius 3 is 2.69 bits per heavy atom. The molecule has 1 rings (SSSR count). The predicted octanol–water partition coefficient (Wildman–Crippen LogP) is 3.05. The SMILES string of the molecule is CCNC(CCN(C)C)c1cccc(Br)c1. The lowest BCUT2D eigenvalue weighted by molar-refractivity contribution is 0.363. The molecule has 0 fully saturated rings. The predicted molar refractivity (Wildman–Crippen MR) is 73.7 cm³/mol. The van der Waals surface area contributed by atoms with Crippen LogP contribution in [0.5, 0.6) is 0 Å². The number of benzene rings is 1. The van der Waals surface area contributed by atoms with Gasteiger partial charge in [0.2, 0.25) is 0 Å². The molecule has 0 aromatic heterocycles. The summed E-state index contributed by atoms with van der Waals surface area (Å²) in [5.74, 6) is 0. The number of nitrogens with zero attached hydrogens (tertiary/aromatic N) is 1. The standard InChI is InChI=1S/C13H21BrN2/c1-4-15-13(8-9-16(2)3)11-6-5-7-12(14)10-11/h5-7,10,13,15H,4,8-9H2,1-3H3. The first-order valence-corrected chi connectivity index (χ1v) is 6.56. The van der Waals surface area contributed by atoms with E-state index in [0.29, 0.717) is 6.04 Å². The Morgan fingerprint density at radius 2 is 2.12 bits per heavy atom. The summed E-state index contributed by atoms with van der Waals surface area (Å²) in [5, 5.41) is 3.53. The van der Waals surface area contributed by atoms with Crippen LogP contribution < -0.4 is 5.32 Å². The number of hydrogen-bond donors (Lipinski definition) is 1. The number of halogens is 1. The Balaban J connectivity index is 2.68. The van der Waals surface area contributed by atoms with E-state index in [1.165, 1.54) is 5.56 Å². The van der Waals surface area contributed by atoms with Gasteiger partial charge in [-0.25, -0.2) is 0 Å². The second kappa shape index (κ2) is 7.05. The van der Waals surface area contributed by atoms with Crippen LogP contribution in [0, 0.1) is 0 Å². The minimum atomic E-state index is 0.449. The van der Waals surface area contributed by atoms with Gasteiger partial charge in [0.25, 0.3) is 0 Å². The fraction of sp³-hybridized carbons (Fsp3) is 0.538. The lowest BCUT2D eigenvalue weighted by Gasteiger charge is -2.20. The maximum absolute atomic E-state index is 3.53. The molecular weight excluding hydrogens is 264 g/mol. The lowest BCUT2D eigenvalue weighted by atomic mass is 10.0. The molecule has 0 saturated heterocycles. The van der Waals surface area contributed by atoms with Gasteiger partial charge in [0, 0.05) is 10.5 Å². The monoisotopic (exact) mass is 284 g/mol. The van der Waals surface area contributed by atoms with Gasteiger partial charge in [0.05, 0.1) is 0 Å². The zero-order chi connectivity index (χ0) is 12.0. The largest absolute Gasteiger partial charge is 0.310 e. The molecule has 1 N–H and O–H groups in total. The summed E-state index contributed by atoms with van der Waals surface area (Å²) < 4.78 is 1.15. The molecule has 0 radical (unpaired) electrons. The van der Waals surface area contributed by atoms with E-state index in [9.17, 15) is 0 Å². The summed E-state index contributed by atoms with van der Waals surface area (Å²) in [6.45, 7) is 4.26. The third-order valence-corrected chi connectivity index (χ3v) is 3.06. The number of rotatable bonds is 6. The molecule has 0 aliphatic rings. The molecule has 0 amide bonds. The van der Waals surface area contributed by atoms with Gasteiger partial charge >= 0.3 is 0 Å². The summed E-state index contributed by atoms with van der Waals surface area (Å²) in [6.07, 6.45) is 1.14. The molecule has 90 valence electrons. The van der Waals surface area contributed by atoms with Crippen molar-refractivity contribution in [3.63, 3.8) is 0 Å². The second-order valence-electron chi connectivity index (χ2n) is 4.26. The molecule has 1 unspecified atom stereocenters. The van der Waals surface area contributed by atoms with Crippen molar-refractivity contribution >= 4 is 15.9 Å². The molecular formula is C13H21BrN2. The molecule has 1 aromatic rings. The topological polar surface area (TPSA) is 15.3 Å². The van der Waals surface area contributed by atoms with Crippen molar-refractivity contribution in [1.82, 2.24) is 10.2 Å². The normalized spacial score (nSPS) is 13.1. The minimum absolute atomic E-state index is 0.449. The molecule has 0 heterocycles. The van der Waals surface area contributed by atoms with Gasteiger partial charge < -0.3 is 10.2 Å². The molecule has 0 saturated carbocycles. The fourth-order valence-electron chi connectivity index (χ4n) is 1.74. The molecule has 1 atom stereocenters. The van der Waals surface area contributed by atoms with Crippen molar-refractivity contribution in [2.24, 2.45) is 0 Å². The van der Waals surface area contributed by atoms with E-state index >= 15 is 0 Å². The minimum Gasteiger partial charge on any atom is -0.310 e. The maximum Gasteiger partial charge on any atom is 0.0332 e. The second-order valence-corrected chi connectivity index (χ2v) is 5.17. The van der Waals surface area contributed by atoms with Crippen LogP contribution in [0.2, 0.25) is 0 Å². The van der Waals surface area contributed by atoms with Crippen LogP contribution in [0.25, 0.3) is 0 Å². The van der Waals surface area contributed by atoms with Gasteiger partial charge in [-0.1, -0.05) is 35.0 Å². The third-order valence-electron chi connectivity index (χ3n) is 2.57. The summed E-state index contributed by atoms with van der Waals surface area (Å²) >= 11 is 3.52. The van der Waals surface area contributed by atoms with E-state index in [0.717, 1.165) is 24.0 Å². The average Bonchev–Trinajstić information content (AvgIpc) is 2.24. The smallest absolute Gasteiger partial charge is 0.0332 e. The van der Waals surface area contributed by atoms with Crippen LogP contribution in [-0.2, 0) is 0 Å². The summed E-state index contributed by atoms with van der Waals surface area (Å²) in [5.41, 5.74) is 1.36. The van der Waals surface area contributed by atoms with Crippen LogP contribution in [0.4, 0.5) is 0 Å². The van der Waals surface area contributed by atoms with E-state index in [1.54, 1.807) is 0 Å². The van der Waals surface area contributed by atoms with Crippen LogP contribution in [-0.4, -0.2) is 32.1 Å². The van der Waals surface area contributed by atoms with Crippen molar-refractivity contribution in [1.29, 1.82) is 0 Å². The highest BCUT2D eigenvalue weighted by Gasteiger charge is 2.10. The highest BCUT2D eigenvalue weighted by molar-refractivity contribution is 9.10. The van der Waals surface area contributed by atoms with Crippen LogP contribution in [0.1, 0.15) is 24.9 Å². The Labute approximate surface area is 107 Å². The zero-order valence-electron chi connectivity index (χ0n) is 10.3. The average molecular weight is 285 g/mol. The first-order valence-electron chi connectivity index (χ1n) is 5.77. The van der Waals surface area contributed by atoms with Crippen LogP contribution >= 0.6 is 15.9 Å². The number of nitrogens with one attached hydrogen (secondary N) is 1. The molecule has 0 aliphatic carbocycles. The van der Waals surface area contributed by atoms with Crippen LogP contribution in [0.3, 0.4) is 0 Å². The fourth-order valence-corrected chi connectivity index (χ4v) is 2.16. The third kappa shape index (κ3) is 4.64. The first kappa shape index (κ1) is 13.7. The van der Waals surface area contributed by atoms with Crippen molar-refractivity contribution in [2.45, 2.75) is 19.4 Å².